The predicted molar refractivity (Wildman–Crippen MR) is 131 cm³/mol. The molecule has 0 aromatic heterocycles. The fraction of sp³-hybridized carbons (Fsp3) is 0.440. The summed E-state index contributed by atoms with van der Waals surface area (Å²) in [5, 5.41) is 0. The van der Waals surface area contributed by atoms with Gasteiger partial charge in [-0.1, -0.05) is 29.8 Å². The number of hydrogen-bond acceptors (Lipinski definition) is 6. The van der Waals surface area contributed by atoms with E-state index in [4.69, 9.17) is 19.9 Å². The second-order valence-electron chi connectivity index (χ2n) is 8.66. The highest BCUT2D eigenvalue weighted by Crippen LogP contribution is 2.32. The third kappa shape index (κ3) is 6.26. The molecule has 33 heavy (non-hydrogen) atoms. The van der Waals surface area contributed by atoms with Crippen LogP contribution in [-0.4, -0.2) is 38.4 Å². The van der Waals surface area contributed by atoms with E-state index in [9.17, 15) is 9.59 Å². The van der Waals surface area contributed by atoms with Gasteiger partial charge in [-0.05, 0) is 79.1 Å². The largest absolute Gasteiger partial charge is 0.513 e. The molecule has 0 aliphatic carbocycles. The maximum atomic E-state index is 13.3. The van der Waals surface area contributed by atoms with Gasteiger partial charge in [-0.25, -0.2) is 4.79 Å². The Bertz CT molecular complexity index is 1000. The summed E-state index contributed by atoms with van der Waals surface area (Å²) < 4.78 is 16.4. The molecule has 7 nitrogen and oxygen atoms in total. The van der Waals surface area contributed by atoms with Gasteiger partial charge in [0.2, 0.25) is 5.91 Å². The van der Waals surface area contributed by atoms with Gasteiger partial charge in [0, 0.05) is 16.7 Å². The van der Waals surface area contributed by atoms with Gasteiger partial charge in [0.15, 0.2) is 0 Å². The van der Waals surface area contributed by atoms with Crippen molar-refractivity contribution < 1.29 is 23.8 Å². The van der Waals surface area contributed by atoms with Crippen LogP contribution in [0.2, 0.25) is 0 Å². The van der Waals surface area contributed by atoms with Crippen LogP contribution in [-0.2, 0) is 22.4 Å². The van der Waals surface area contributed by atoms with Crippen molar-refractivity contribution in [1.29, 1.82) is 0 Å². The molecular weight excluding hydrogens is 488 g/mol. The fourth-order valence-corrected chi connectivity index (χ4v) is 4.56. The lowest BCUT2D eigenvalue weighted by Crippen LogP contribution is -2.47. The van der Waals surface area contributed by atoms with Crippen LogP contribution in [0.15, 0.2) is 34.8 Å². The smallest absolute Gasteiger partial charge is 0.497 e. The minimum Gasteiger partial charge on any atom is -0.497 e. The summed E-state index contributed by atoms with van der Waals surface area (Å²) in [7, 11) is 1.63. The van der Waals surface area contributed by atoms with Crippen LogP contribution in [0, 0.1) is 12.8 Å². The van der Waals surface area contributed by atoms with Gasteiger partial charge in [-0.3, -0.25) is 4.79 Å². The van der Waals surface area contributed by atoms with Crippen molar-refractivity contribution in [2.24, 2.45) is 11.7 Å². The van der Waals surface area contributed by atoms with Gasteiger partial charge in [-0.15, -0.1) is 0 Å². The van der Waals surface area contributed by atoms with E-state index in [1.54, 1.807) is 24.1 Å². The van der Waals surface area contributed by atoms with E-state index in [0.29, 0.717) is 25.3 Å². The number of methoxy groups -OCH3 is 1. The number of ether oxygens (including phenoxy) is 3. The molecular formula is C25H31BrN2O5. The van der Waals surface area contributed by atoms with Crippen molar-refractivity contribution in [2.45, 2.75) is 46.1 Å². The van der Waals surface area contributed by atoms with E-state index >= 15 is 0 Å². The number of nitrogens with two attached hydrogens (primary N) is 1. The van der Waals surface area contributed by atoms with Gasteiger partial charge >= 0.3 is 6.16 Å². The van der Waals surface area contributed by atoms with Crippen LogP contribution in [0.4, 0.5) is 10.5 Å². The Morgan fingerprint density at radius 1 is 1.18 bits per heavy atom. The molecule has 178 valence electrons. The number of fused-ring (bicyclic) bond motifs is 1. The number of carbonyl (C=O) groups excluding carboxylic acids is 2. The number of hydrogen-bond donors (Lipinski definition) is 1. The van der Waals surface area contributed by atoms with E-state index < -0.39 is 12.2 Å². The molecule has 1 unspecified atom stereocenters. The number of rotatable bonds is 7. The first-order valence-electron chi connectivity index (χ1n) is 11.1. The SMILES string of the molecule is COc1ccc2c(c1)CCCN2C(=O)C(N)Cc1c(C)cc(OC(=O)OCC(C)C)cc1Br. The monoisotopic (exact) mass is 518 g/mol. The van der Waals surface area contributed by atoms with E-state index in [0.717, 1.165) is 45.4 Å². The zero-order valence-corrected chi connectivity index (χ0v) is 21.1. The molecule has 2 aromatic rings. The maximum absolute atomic E-state index is 13.3. The number of amides is 1. The van der Waals surface area contributed by atoms with E-state index in [2.05, 4.69) is 15.9 Å². The average Bonchev–Trinajstić information content (AvgIpc) is 2.78. The lowest BCUT2D eigenvalue weighted by molar-refractivity contribution is -0.119. The number of carbonyl (C=O) groups is 2. The summed E-state index contributed by atoms with van der Waals surface area (Å²) in [5.74, 6) is 1.25. The van der Waals surface area contributed by atoms with Crippen molar-refractivity contribution in [3.63, 3.8) is 0 Å². The van der Waals surface area contributed by atoms with Crippen LogP contribution in [0.1, 0.15) is 37.0 Å². The Morgan fingerprint density at radius 3 is 2.61 bits per heavy atom. The Hall–Kier alpha value is -2.58. The molecule has 0 spiro atoms. The molecule has 0 radical (unpaired) electrons. The zero-order valence-electron chi connectivity index (χ0n) is 19.5. The van der Waals surface area contributed by atoms with Crippen LogP contribution in [0.3, 0.4) is 0 Å². The summed E-state index contributed by atoms with van der Waals surface area (Å²) in [6.45, 7) is 6.73. The van der Waals surface area contributed by atoms with Gasteiger partial charge in [0.05, 0.1) is 19.8 Å². The standard InChI is InChI=1S/C25H31BrN2O5/c1-15(2)14-32-25(30)33-19-10-16(3)20(21(26)12-19)13-22(27)24(29)28-9-5-6-17-11-18(31-4)7-8-23(17)28/h7-8,10-12,15,22H,5-6,9,13-14,27H2,1-4H3. The minimum atomic E-state index is -0.741. The summed E-state index contributed by atoms with van der Waals surface area (Å²) in [6.07, 6.45) is 1.39. The normalized spacial score (nSPS) is 14.0. The first-order valence-corrected chi connectivity index (χ1v) is 11.9. The van der Waals surface area contributed by atoms with Crippen LogP contribution < -0.4 is 20.1 Å². The van der Waals surface area contributed by atoms with Crippen molar-refractivity contribution >= 4 is 33.7 Å². The summed E-state index contributed by atoms with van der Waals surface area (Å²) in [4.78, 5) is 26.9. The van der Waals surface area contributed by atoms with Crippen LogP contribution in [0.25, 0.3) is 0 Å². The Balaban J connectivity index is 1.71. The number of anilines is 1. The topological polar surface area (TPSA) is 91.1 Å². The predicted octanol–water partition coefficient (Wildman–Crippen LogP) is 4.79. The quantitative estimate of drug-likeness (QED) is 0.418. The number of aryl methyl sites for hydroxylation is 2. The second-order valence-corrected chi connectivity index (χ2v) is 9.51. The van der Waals surface area contributed by atoms with Crippen LogP contribution >= 0.6 is 15.9 Å². The molecule has 8 heteroatoms. The van der Waals surface area contributed by atoms with E-state index in [1.165, 1.54) is 0 Å². The molecule has 0 saturated carbocycles. The van der Waals surface area contributed by atoms with Crippen molar-refractivity contribution in [1.82, 2.24) is 0 Å². The summed E-state index contributed by atoms with van der Waals surface area (Å²) >= 11 is 3.54. The number of benzene rings is 2. The minimum absolute atomic E-state index is 0.120. The maximum Gasteiger partial charge on any atom is 0.513 e. The zero-order chi connectivity index (χ0) is 24.1. The van der Waals surface area contributed by atoms with Crippen molar-refractivity contribution in [2.75, 3.05) is 25.2 Å². The Labute approximate surface area is 203 Å². The van der Waals surface area contributed by atoms with Gasteiger partial charge in [0.1, 0.15) is 11.5 Å². The molecule has 0 fully saturated rings. The average molecular weight is 519 g/mol. The summed E-state index contributed by atoms with van der Waals surface area (Å²) in [6, 6.07) is 8.49. The van der Waals surface area contributed by atoms with Gasteiger partial charge in [0.25, 0.3) is 0 Å². The number of halogens is 1. The van der Waals surface area contributed by atoms with E-state index in [-0.39, 0.29) is 11.8 Å². The van der Waals surface area contributed by atoms with Crippen molar-refractivity contribution in [3.8, 4) is 11.5 Å². The third-order valence-electron chi connectivity index (χ3n) is 5.54. The first kappa shape index (κ1) is 25.1. The van der Waals surface area contributed by atoms with Crippen molar-refractivity contribution in [3.05, 3.63) is 51.5 Å². The molecule has 1 aliphatic heterocycles. The fourth-order valence-electron chi connectivity index (χ4n) is 3.86. The van der Waals surface area contributed by atoms with Gasteiger partial charge < -0.3 is 24.8 Å². The molecule has 1 amide bonds. The highest BCUT2D eigenvalue weighted by Gasteiger charge is 2.28. The number of nitrogens with zero attached hydrogens (tertiary/aromatic N) is 1. The molecule has 1 atom stereocenters. The van der Waals surface area contributed by atoms with Gasteiger partial charge in [-0.2, -0.15) is 0 Å². The lowest BCUT2D eigenvalue weighted by Gasteiger charge is -2.32. The second kappa shape index (κ2) is 11.0. The highest BCUT2D eigenvalue weighted by atomic mass is 79.9. The first-order chi connectivity index (χ1) is 15.7. The van der Waals surface area contributed by atoms with E-state index in [1.807, 2.05) is 39.0 Å². The Morgan fingerprint density at radius 2 is 1.94 bits per heavy atom. The lowest BCUT2D eigenvalue weighted by atomic mass is 9.97. The Kier molecular flexibility index (Phi) is 8.37. The highest BCUT2D eigenvalue weighted by molar-refractivity contribution is 9.10. The molecule has 2 N–H and O–H groups in total. The molecule has 1 heterocycles. The molecule has 0 saturated heterocycles. The summed E-state index contributed by atoms with van der Waals surface area (Å²) in [5.41, 5.74) is 10.1. The molecule has 0 bridgehead atoms. The molecule has 2 aromatic carbocycles. The third-order valence-corrected chi connectivity index (χ3v) is 6.25. The molecule has 3 rings (SSSR count). The van der Waals surface area contributed by atoms with Crippen LogP contribution in [0.5, 0.6) is 11.5 Å². The molecule has 1 aliphatic rings.